The Balaban J connectivity index is 1.71. The van der Waals surface area contributed by atoms with Crippen molar-refractivity contribution in [2.45, 2.75) is 19.0 Å². The standard InChI is InChI=1S/C27H23FN2O2S/c28-22-15-13-21(14-16-22)26(27(32)29-19-20-8-3-1-4-9-20)30(23-10-5-2-6-11-23)25(31)18-24-12-7-17-33-24/h1-17,26H,18-19H2,(H,29,32)/t26-/m0/s1. The summed E-state index contributed by atoms with van der Waals surface area (Å²) in [5.41, 5.74) is 2.08. The van der Waals surface area contributed by atoms with Crippen LogP contribution in [0.4, 0.5) is 10.1 Å². The number of para-hydroxylation sites is 1. The smallest absolute Gasteiger partial charge is 0.248 e. The minimum Gasteiger partial charge on any atom is -0.350 e. The molecule has 4 aromatic rings. The highest BCUT2D eigenvalue weighted by Gasteiger charge is 2.32. The van der Waals surface area contributed by atoms with Crippen molar-refractivity contribution in [1.82, 2.24) is 5.32 Å². The second-order valence-corrected chi connectivity index (χ2v) is 8.55. The van der Waals surface area contributed by atoms with Gasteiger partial charge < -0.3 is 5.32 Å². The topological polar surface area (TPSA) is 49.4 Å². The molecule has 1 aromatic heterocycles. The van der Waals surface area contributed by atoms with Gasteiger partial charge in [-0.15, -0.1) is 11.3 Å². The zero-order valence-corrected chi connectivity index (χ0v) is 18.7. The summed E-state index contributed by atoms with van der Waals surface area (Å²) in [5.74, 6) is -0.958. The van der Waals surface area contributed by atoms with E-state index in [1.165, 1.54) is 28.4 Å². The van der Waals surface area contributed by atoms with Crippen LogP contribution in [0.5, 0.6) is 0 Å². The van der Waals surface area contributed by atoms with E-state index >= 15 is 0 Å². The van der Waals surface area contributed by atoms with Gasteiger partial charge in [-0.1, -0.05) is 66.7 Å². The summed E-state index contributed by atoms with van der Waals surface area (Å²) < 4.78 is 13.7. The first-order valence-electron chi connectivity index (χ1n) is 10.6. The molecule has 4 nitrogen and oxygen atoms in total. The van der Waals surface area contributed by atoms with Crippen LogP contribution in [-0.2, 0) is 22.6 Å². The second-order valence-electron chi connectivity index (χ2n) is 7.51. The lowest BCUT2D eigenvalue weighted by molar-refractivity contribution is -0.126. The number of anilines is 1. The molecule has 2 amide bonds. The maximum absolute atomic E-state index is 13.7. The fourth-order valence-electron chi connectivity index (χ4n) is 3.62. The number of halogens is 1. The largest absolute Gasteiger partial charge is 0.350 e. The molecule has 0 unspecified atom stereocenters. The van der Waals surface area contributed by atoms with Gasteiger partial charge in [-0.25, -0.2) is 4.39 Å². The highest BCUT2D eigenvalue weighted by molar-refractivity contribution is 7.10. The Kier molecular flexibility index (Phi) is 7.27. The molecule has 4 rings (SSSR count). The average Bonchev–Trinajstić information content (AvgIpc) is 3.36. The summed E-state index contributed by atoms with van der Waals surface area (Å²) in [5, 5.41) is 4.87. The number of thiophene rings is 1. The molecule has 0 bridgehead atoms. The Morgan fingerprint density at radius 1 is 0.848 bits per heavy atom. The third-order valence-corrected chi connectivity index (χ3v) is 6.09. The van der Waals surface area contributed by atoms with Gasteiger partial charge in [0.2, 0.25) is 11.8 Å². The molecule has 6 heteroatoms. The van der Waals surface area contributed by atoms with Crippen LogP contribution in [0.15, 0.2) is 102 Å². The average molecular weight is 459 g/mol. The summed E-state index contributed by atoms with van der Waals surface area (Å²) in [6.45, 7) is 0.319. The number of hydrogen-bond acceptors (Lipinski definition) is 3. The minimum absolute atomic E-state index is 0.163. The Bertz CT molecular complexity index is 1180. The number of amides is 2. The molecular weight excluding hydrogens is 435 g/mol. The molecule has 33 heavy (non-hydrogen) atoms. The van der Waals surface area contributed by atoms with Crippen LogP contribution in [0.1, 0.15) is 22.0 Å². The monoisotopic (exact) mass is 458 g/mol. The minimum atomic E-state index is -0.954. The predicted molar refractivity (Wildman–Crippen MR) is 129 cm³/mol. The fourth-order valence-corrected chi connectivity index (χ4v) is 4.31. The van der Waals surface area contributed by atoms with E-state index in [0.29, 0.717) is 17.8 Å². The molecule has 0 aliphatic rings. The van der Waals surface area contributed by atoms with Crippen LogP contribution in [0.2, 0.25) is 0 Å². The molecule has 1 heterocycles. The molecule has 0 radical (unpaired) electrons. The number of benzene rings is 3. The van der Waals surface area contributed by atoms with Crippen LogP contribution in [0, 0.1) is 5.82 Å². The summed E-state index contributed by atoms with van der Waals surface area (Å²) in [7, 11) is 0. The number of nitrogens with zero attached hydrogens (tertiary/aromatic N) is 1. The molecule has 3 aromatic carbocycles. The van der Waals surface area contributed by atoms with Crippen LogP contribution in [0.3, 0.4) is 0 Å². The lowest BCUT2D eigenvalue weighted by Crippen LogP contribution is -2.44. The maximum Gasteiger partial charge on any atom is 0.248 e. The van der Waals surface area contributed by atoms with Gasteiger partial charge >= 0.3 is 0 Å². The Morgan fingerprint density at radius 2 is 1.52 bits per heavy atom. The molecule has 0 aliphatic carbocycles. The van der Waals surface area contributed by atoms with E-state index in [2.05, 4.69) is 5.32 Å². The van der Waals surface area contributed by atoms with Crippen molar-refractivity contribution in [2.75, 3.05) is 4.90 Å². The third-order valence-electron chi connectivity index (χ3n) is 5.21. The first-order chi connectivity index (χ1) is 16.1. The number of hydrogen-bond donors (Lipinski definition) is 1. The lowest BCUT2D eigenvalue weighted by Gasteiger charge is -2.31. The van der Waals surface area contributed by atoms with Gasteiger partial charge in [0.1, 0.15) is 11.9 Å². The second kappa shape index (κ2) is 10.7. The number of carbonyl (C=O) groups is 2. The highest BCUT2D eigenvalue weighted by Crippen LogP contribution is 2.29. The molecule has 1 N–H and O–H groups in total. The fraction of sp³-hybridized carbons (Fsp3) is 0.111. The van der Waals surface area contributed by atoms with E-state index in [4.69, 9.17) is 0 Å². The molecule has 0 spiro atoms. The van der Waals surface area contributed by atoms with Gasteiger partial charge in [0.05, 0.1) is 6.42 Å². The van der Waals surface area contributed by atoms with Crippen molar-refractivity contribution in [3.63, 3.8) is 0 Å². The van der Waals surface area contributed by atoms with Gasteiger partial charge in [-0.05, 0) is 46.8 Å². The predicted octanol–water partition coefficient (Wildman–Crippen LogP) is 5.52. The van der Waals surface area contributed by atoms with Gasteiger partial charge in [-0.3, -0.25) is 14.5 Å². The summed E-state index contributed by atoms with van der Waals surface area (Å²) >= 11 is 1.49. The first-order valence-corrected chi connectivity index (χ1v) is 11.5. The van der Waals surface area contributed by atoms with Crippen molar-refractivity contribution < 1.29 is 14.0 Å². The Morgan fingerprint density at radius 3 is 2.15 bits per heavy atom. The van der Waals surface area contributed by atoms with Crippen LogP contribution < -0.4 is 10.2 Å². The summed E-state index contributed by atoms with van der Waals surface area (Å²) in [4.78, 5) is 29.5. The summed E-state index contributed by atoms with van der Waals surface area (Å²) in [6.07, 6.45) is 0.163. The van der Waals surface area contributed by atoms with Gasteiger partial charge in [0.25, 0.3) is 0 Å². The van der Waals surface area contributed by atoms with Crippen LogP contribution in [0.25, 0.3) is 0 Å². The SMILES string of the molecule is O=C(NCc1ccccc1)[C@H](c1ccc(F)cc1)N(C(=O)Cc1cccs1)c1ccccc1. The Hall–Kier alpha value is -3.77. The van der Waals surface area contributed by atoms with E-state index < -0.39 is 11.9 Å². The van der Waals surface area contributed by atoms with E-state index in [0.717, 1.165) is 10.4 Å². The lowest BCUT2D eigenvalue weighted by atomic mass is 10.0. The number of nitrogens with one attached hydrogen (secondary N) is 1. The normalized spacial score (nSPS) is 11.5. The van der Waals surface area contributed by atoms with E-state index in [1.807, 2.05) is 66.0 Å². The van der Waals surface area contributed by atoms with E-state index in [9.17, 15) is 14.0 Å². The van der Waals surface area contributed by atoms with Crippen molar-refractivity contribution >= 4 is 28.8 Å². The van der Waals surface area contributed by atoms with Gasteiger partial charge in [0, 0.05) is 17.1 Å². The molecule has 0 aliphatic heterocycles. The highest BCUT2D eigenvalue weighted by atomic mass is 32.1. The zero-order chi connectivity index (χ0) is 23.0. The van der Waals surface area contributed by atoms with Crippen molar-refractivity contribution in [2.24, 2.45) is 0 Å². The van der Waals surface area contributed by atoms with Gasteiger partial charge in [-0.2, -0.15) is 0 Å². The van der Waals surface area contributed by atoms with E-state index in [1.54, 1.807) is 24.3 Å². The van der Waals surface area contributed by atoms with Crippen molar-refractivity contribution in [3.8, 4) is 0 Å². The van der Waals surface area contributed by atoms with Crippen LogP contribution >= 0.6 is 11.3 Å². The molecule has 0 fully saturated rings. The third kappa shape index (κ3) is 5.73. The first kappa shape index (κ1) is 22.4. The van der Waals surface area contributed by atoms with Crippen LogP contribution in [-0.4, -0.2) is 11.8 Å². The Labute approximate surface area is 196 Å². The molecule has 166 valence electrons. The summed E-state index contributed by atoms with van der Waals surface area (Å²) in [6, 6.07) is 27.2. The molecule has 0 saturated carbocycles. The number of carbonyl (C=O) groups excluding carboxylic acids is 2. The molecular formula is C27H23FN2O2S. The zero-order valence-electron chi connectivity index (χ0n) is 17.9. The molecule has 1 atom stereocenters. The maximum atomic E-state index is 13.7. The quantitative estimate of drug-likeness (QED) is 0.378. The molecule has 0 saturated heterocycles. The van der Waals surface area contributed by atoms with E-state index in [-0.39, 0.29) is 18.2 Å². The van der Waals surface area contributed by atoms with Crippen molar-refractivity contribution in [3.05, 3.63) is 124 Å². The van der Waals surface area contributed by atoms with Gasteiger partial charge in [0.15, 0.2) is 0 Å². The number of rotatable bonds is 8. The van der Waals surface area contributed by atoms with Crippen molar-refractivity contribution in [1.29, 1.82) is 0 Å².